The van der Waals surface area contributed by atoms with E-state index in [0.717, 1.165) is 41.8 Å². The molecular weight excluding hydrogens is 340 g/mol. The summed E-state index contributed by atoms with van der Waals surface area (Å²) in [5.41, 5.74) is 3.32. The van der Waals surface area contributed by atoms with Gasteiger partial charge in [-0.15, -0.1) is 0 Å². The number of aromatic nitrogens is 1. The van der Waals surface area contributed by atoms with E-state index >= 15 is 0 Å². The first-order valence-electron chi connectivity index (χ1n) is 9.60. The van der Waals surface area contributed by atoms with Crippen LogP contribution in [0.5, 0.6) is 5.75 Å². The number of hydrogen-bond acceptors (Lipinski definition) is 4. The van der Waals surface area contributed by atoms with Gasteiger partial charge in [-0.25, -0.2) is 0 Å². The Labute approximate surface area is 162 Å². The molecule has 6 heteroatoms. The summed E-state index contributed by atoms with van der Waals surface area (Å²) in [5, 5.41) is 7.43. The topological polar surface area (TPSA) is 62.9 Å². The molecule has 0 aliphatic heterocycles. The van der Waals surface area contributed by atoms with E-state index in [1.54, 1.807) is 0 Å². The van der Waals surface area contributed by atoms with Gasteiger partial charge in [-0.2, -0.15) is 0 Å². The molecular formula is C21H32N4O2. The van der Waals surface area contributed by atoms with Gasteiger partial charge < -0.3 is 19.5 Å². The second-order valence-corrected chi connectivity index (χ2v) is 6.77. The number of benzene rings is 1. The Kier molecular flexibility index (Phi) is 7.70. The lowest BCUT2D eigenvalue weighted by molar-refractivity contribution is 0.340. The molecule has 1 aromatic carbocycles. The van der Waals surface area contributed by atoms with E-state index in [1.165, 1.54) is 5.56 Å². The maximum absolute atomic E-state index is 5.51. The van der Waals surface area contributed by atoms with Crippen LogP contribution in [0.15, 0.2) is 33.8 Å². The van der Waals surface area contributed by atoms with Crippen LogP contribution in [0.25, 0.3) is 0 Å². The smallest absolute Gasteiger partial charge is 0.193 e. The van der Waals surface area contributed by atoms with Crippen molar-refractivity contribution in [2.75, 3.05) is 26.7 Å². The van der Waals surface area contributed by atoms with Crippen molar-refractivity contribution in [3.05, 3.63) is 46.8 Å². The molecule has 2 rings (SSSR count). The first-order chi connectivity index (χ1) is 13.0. The molecule has 0 saturated heterocycles. The van der Waals surface area contributed by atoms with Gasteiger partial charge in [0.05, 0.1) is 12.3 Å². The van der Waals surface area contributed by atoms with Crippen molar-refractivity contribution < 1.29 is 9.26 Å². The Morgan fingerprint density at radius 3 is 2.52 bits per heavy atom. The highest BCUT2D eigenvalue weighted by Crippen LogP contribution is 2.23. The van der Waals surface area contributed by atoms with Crippen molar-refractivity contribution in [2.24, 2.45) is 4.99 Å². The molecule has 1 unspecified atom stereocenters. The van der Waals surface area contributed by atoms with Gasteiger partial charge in [-0.05, 0) is 45.4 Å². The zero-order chi connectivity index (χ0) is 19.8. The first-order valence-corrected chi connectivity index (χ1v) is 9.60. The standard InChI is InChI=1S/C21H32N4O2/c1-7-22-21(23-13-15(3)20-16(4)24-27-17(20)5)25(6)14-18-9-11-19(12-10-18)26-8-2/h9-12,15H,7-8,13-14H2,1-6H3,(H,22,23). The normalized spacial score (nSPS) is 12.7. The number of guanidine groups is 1. The van der Waals surface area contributed by atoms with Gasteiger partial charge in [0.1, 0.15) is 11.5 Å². The van der Waals surface area contributed by atoms with Crippen molar-refractivity contribution >= 4 is 5.96 Å². The molecule has 0 saturated carbocycles. The highest BCUT2D eigenvalue weighted by atomic mass is 16.5. The Bertz CT molecular complexity index is 718. The van der Waals surface area contributed by atoms with E-state index in [9.17, 15) is 0 Å². The van der Waals surface area contributed by atoms with Crippen molar-refractivity contribution in [3.8, 4) is 5.75 Å². The fourth-order valence-electron chi connectivity index (χ4n) is 3.18. The third-order valence-electron chi connectivity index (χ3n) is 4.45. The Hall–Kier alpha value is -2.50. The molecule has 0 aliphatic rings. The summed E-state index contributed by atoms with van der Waals surface area (Å²) < 4.78 is 10.8. The number of hydrogen-bond donors (Lipinski definition) is 1. The SMILES string of the molecule is CCNC(=NCC(C)c1c(C)noc1C)N(C)Cc1ccc(OCC)cc1. The van der Waals surface area contributed by atoms with Crippen molar-refractivity contribution in [1.29, 1.82) is 0 Å². The van der Waals surface area contributed by atoms with E-state index in [2.05, 4.69) is 48.4 Å². The summed E-state index contributed by atoms with van der Waals surface area (Å²) in [6.45, 7) is 13.1. The van der Waals surface area contributed by atoms with Crippen LogP contribution in [-0.2, 0) is 6.54 Å². The average Bonchev–Trinajstić information content (AvgIpc) is 2.98. The van der Waals surface area contributed by atoms with Crippen LogP contribution < -0.4 is 10.1 Å². The van der Waals surface area contributed by atoms with Crippen molar-refractivity contribution in [1.82, 2.24) is 15.4 Å². The summed E-state index contributed by atoms with van der Waals surface area (Å²) in [5.74, 6) is 2.93. The highest BCUT2D eigenvalue weighted by Gasteiger charge is 2.17. The van der Waals surface area contributed by atoms with Gasteiger partial charge in [0.15, 0.2) is 5.96 Å². The van der Waals surface area contributed by atoms with E-state index in [0.29, 0.717) is 13.2 Å². The monoisotopic (exact) mass is 372 g/mol. The summed E-state index contributed by atoms with van der Waals surface area (Å²) in [4.78, 5) is 6.97. The van der Waals surface area contributed by atoms with E-state index in [-0.39, 0.29) is 5.92 Å². The fraction of sp³-hybridized carbons (Fsp3) is 0.524. The Balaban J connectivity index is 2.04. The molecule has 1 heterocycles. The molecule has 0 bridgehead atoms. The molecule has 0 spiro atoms. The van der Waals surface area contributed by atoms with Crippen LogP contribution in [-0.4, -0.2) is 42.8 Å². The zero-order valence-corrected chi connectivity index (χ0v) is 17.4. The maximum Gasteiger partial charge on any atom is 0.193 e. The van der Waals surface area contributed by atoms with Gasteiger partial charge in [0, 0.05) is 38.2 Å². The Morgan fingerprint density at radius 2 is 1.96 bits per heavy atom. The third kappa shape index (κ3) is 5.74. The van der Waals surface area contributed by atoms with E-state index in [4.69, 9.17) is 14.3 Å². The molecule has 0 fully saturated rings. The van der Waals surface area contributed by atoms with Crippen LogP contribution >= 0.6 is 0 Å². The van der Waals surface area contributed by atoms with Gasteiger partial charge in [0.2, 0.25) is 0 Å². The predicted molar refractivity (Wildman–Crippen MR) is 109 cm³/mol. The lowest BCUT2D eigenvalue weighted by Crippen LogP contribution is -2.38. The summed E-state index contributed by atoms with van der Waals surface area (Å²) in [7, 11) is 2.05. The fourth-order valence-corrected chi connectivity index (χ4v) is 3.18. The minimum absolute atomic E-state index is 0.254. The summed E-state index contributed by atoms with van der Waals surface area (Å²) in [6, 6.07) is 8.21. The number of ether oxygens (including phenoxy) is 1. The number of nitrogens with one attached hydrogen (secondary N) is 1. The van der Waals surface area contributed by atoms with Crippen LogP contribution in [0.1, 0.15) is 49.3 Å². The number of aryl methyl sites for hydroxylation is 2. The number of rotatable bonds is 8. The van der Waals surface area contributed by atoms with Gasteiger partial charge in [-0.1, -0.05) is 24.2 Å². The summed E-state index contributed by atoms with van der Waals surface area (Å²) in [6.07, 6.45) is 0. The molecule has 1 N–H and O–H groups in total. The number of aliphatic imine (C=N–C) groups is 1. The van der Waals surface area contributed by atoms with Gasteiger partial charge in [0.25, 0.3) is 0 Å². The molecule has 27 heavy (non-hydrogen) atoms. The van der Waals surface area contributed by atoms with E-state index < -0.39 is 0 Å². The largest absolute Gasteiger partial charge is 0.494 e. The average molecular weight is 373 g/mol. The van der Waals surface area contributed by atoms with Crippen LogP contribution in [0, 0.1) is 13.8 Å². The second kappa shape index (κ2) is 10.00. The Morgan fingerprint density at radius 1 is 1.26 bits per heavy atom. The summed E-state index contributed by atoms with van der Waals surface area (Å²) >= 11 is 0. The molecule has 0 radical (unpaired) electrons. The molecule has 0 amide bonds. The van der Waals surface area contributed by atoms with Gasteiger partial charge in [-0.3, -0.25) is 4.99 Å². The van der Waals surface area contributed by atoms with Crippen LogP contribution in [0.2, 0.25) is 0 Å². The first kappa shape index (κ1) is 20.8. The minimum atomic E-state index is 0.254. The zero-order valence-electron chi connectivity index (χ0n) is 17.4. The van der Waals surface area contributed by atoms with Gasteiger partial charge >= 0.3 is 0 Å². The lowest BCUT2D eigenvalue weighted by Gasteiger charge is -2.23. The third-order valence-corrected chi connectivity index (χ3v) is 4.45. The minimum Gasteiger partial charge on any atom is -0.494 e. The number of nitrogens with zero attached hydrogens (tertiary/aromatic N) is 3. The lowest BCUT2D eigenvalue weighted by atomic mass is 10.00. The second-order valence-electron chi connectivity index (χ2n) is 6.77. The van der Waals surface area contributed by atoms with E-state index in [1.807, 2.05) is 32.9 Å². The predicted octanol–water partition coefficient (Wildman–Crippen LogP) is 3.89. The van der Waals surface area contributed by atoms with Crippen molar-refractivity contribution in [2.45, 2.75) is 47.1 Å². The molecule has 1 atom stereocenters. The molecule has 6 nitrogen and oxygen atoms in total. The maximum atomic E-state index is 5.51. The quantitative estimate of drug-likeness (QED) is 0.563. The highest BCUT2D eigenvalue weighted by molar-refractivity contribution is 5.79. The molecule has 2 aromatic rings. The van der Waals surface area contributed by atoms with Crippen LogP contribution in [0.3, 0.4) is 0 Å². The van der Waals surface area contributed by atoms with Crippen molar-refractivity contribution in [3.63, 3.8) is 0 Å². The molecule has 1 aromatic heterocycles. The molecule has 148 valence electrons. The van der Waals surface area contributed by atoms with Crippen LogP contribution in [0.4, 0.5) is 0 Å². The molecule has 0 aliphatic carbocycles.